The van der Waals surface area contributed by atoms with Crippen molar-refractivity contribution in [2.24, 2.45) is 0 Å². The van der Waals surface area contributed by atoms with Gasteiger partial charge < -0.3 is 10.2 Å². The van der Waals surface area contributed by atoms with E-state index in [4.69, 9.17) is 0 Å². The summed E-state index contributed by atoms with van der Waals surface area (Å²) < 4.78 is 0. The number of rotatable bonds is 6. The molecule has 1 aromatic heterocycles. The molecule has 112 valence electrons. The average molecular weight is 303 g/mol. The topological polar surface area (TPSA) is 33.5 Å². The summed E-state index contributed by atoms with van der Waals surface area (Å²) in [6, 6.07) is 12.2. The second kappa shape index (κ2) is 7.38. The Morgan fingerprint density at radius 1 is 1.24 bits per heavy atom. The lowest BCUT2D eigenvalue weighted by Gasteiger charge is -2.13. The van der Waals surface area contributed by atoms with Gasteiger partial charge >= 0.3 is 0 Å². The Balaban J connectivity index is 1.83. The molecule has 1 amide bonds. The molecule has 2 rings (SSSR count). The van der Waals surface area contributed by atoms with Gasteiger partial charge in [0.15, 0.2) is 6.54 Å². The number of hydrogen-bond acceptors (Lipinski definition) is 2. The zero-order valence-electron chi connectivity index (χ0n) is 12.8. The van der Waals surface area contributed by atoms with E-state index >= 15 is 0 Å². The third-order valence-corrected chi connectivity index (χ3v) is 4.26. The highest BCUT2D eigenvalue weighted by atomic mass is 32.1. The maximum atomic E-state index is 12.0. The predicted molar refractivity (Wildman–Crippen MR) is 88.9 cm³/mol. The Morgan fingerprint density at radius 3 is 2.52 bits per heavy atom. The first-order chi connectivity index (χ1) is 10.0. The average Bonchev–Trinajstić information content (AvgIpc) is 2.91. The second-order valence-corrected chi connectivity index (χ2v) is 6.75. The van der Waals surface area contributed by atoms with Crippen molar-refractivity contribution in [3.05, 3.63) is 52.2 Å². The minimum atomic E-state index is 0.0568. The SMILES string of the molecule is CC(C)c1ccc(NC(=O)C[NH+](C)Cc2cccs2)cc1. The Kier molecular flexibility index (Phi) is 5.53. The van der Waals surface area contributed by atoms with E-state index in [1.54, 1.807) is 11.3 Å². The summed E-state index contributed by atoms with van der Waals surface area (Å²) in [4.78, 5) is 14.5. The van der Waals surface area contributed by atoms with Crippen LogP contribution in [-0.2, 0) is 11.3 Å². The number of carbonyl (C=O) groups excluding carboxylic acids is 1. The van der Waals surface area contributed by atoms with Crippen LogP contribution in [-0.4, -0.2) is 19.5 Å². The molecule has 0 aliphatic heterocycles. The van der Waals surface area contributed by atoms with Crippen LogP contribution in [0.15, 0.2) is 41.8 Å². The summed E-state index contributed by atoms with van der Waals surface area (Å²) in [6.07, 6.45) is 0. The molecule has 0 spiro atoms. The molecule has 0 aliphatic rings. The van der Waals surface area contributed by atoms with Crippen LogP contribution in [0.5, 0.6) is 0 Å². The highest BCUT2D eigenvalue weighted by Crippen LogP contribution is 2.16. The van der Waals surface area contributed by atoms with Crippen molar-refractivity contribution in [2.75, 3.05) is 18.9 Å². The smallest absolute Gasteiger partial charge is 0.279 e. The molecule has 21 heavy (non-hydrogen) atoms. The van der Waals surface area contributed by atoms with Crippen LogP contribution in [0, 0.1) is 0 Å². The number of quaternary nitrogens is 1. The summed E-state index contributed by atoms with van der Waals surface area (Å²) >= 11 is 1.73. The summed E-state index contributed by atoms with van der Waals surface area (Å²) in [5.41, 5.74) is 2.15. The molecule has 0 saturated carbocycles. The molecule has 2 N–H and O–H groups in total. The van der Waals surface area contributed by atoms with Crippen LogP contribution in [0.4, 0.5) is 5.69 Å². The molecule has 1 aromatic carbocycles. The van der Waals surface area contributed by atoms with Crippen molar-refractivity contribution in [1.29, 1.82) is 0 Å². The zero-order chi connectivity index (χ0) is 15.2. The molecule has 0 saturated heterocycles. The van der Waals surface area contributed by atoms with E-state index < -0.39 is 0 Å². The van der Waals surface area contributed by atoms with Gasteiger partial charge in [-0.05, 0) is 35.1 Å². The molecule has 4 heteroatoms. The first-order valence-corrected chi connectivity index (χ1v) is 8.16. The fourth-order valence-corrected chi connectivity index (χ4v) is 3.02. The van der Waals surface area contributed by atoms with Crippen molar-refractivity contribution in [3.8, 4) is 0 Å². The van der Waals surface area contributed by atoms with Crippen LogP contribution in [0.3, 0.4) is 0 Å². The van der Waals surface area contributed by atoms with Crippen LogP contribution in [0.25, 0.3) is 0 Å². The van der Waals surface area contributed by atoms with E-state index in [0.717, 1.165) is 12.2 Å². The maximum absolute atomic E-state index is 12.0. The van der Waals surface area contributed by atoms with Crippen molar-refractivity contribution >= 4 is 22.9 Å². The van der Waals surface area contributed by atoms with E-state index in [9.17, 15) is 4.79 Å². The minimum Gasteiger partial charge on any atom is -0.325 e. The van der Waals surface area contributed by atoms with E-state index in [1.165, 1.54) is 15.3 Å². The van der Waals surface area contributed by atoms with Gasteiger partial charge in [0.2, 0.25) is 0 Å². The fourth-order valence-electron chi connectivity index (χ4n) is 2.20. The van der Waals surface area contributed by atoms with Gasteiger partial charge in [0.25, 0.3) is 5.91 Å². The van der Waals surface area contributed by atoms with E-state index in [0.29, 0.717) is 12.5 Å². The normalized spacial score (nSPS) is 12.4. The number of thiophene rings is 1. The largest absolute Gasteiger partial charge is 0.325 e. The molecule has 2 aromatic rings. The summed E-state index contributed by atoms with van der Waals surface area (Å²) in [5, 5.41) is 5.03. The zero-order valence-corrected chi connectivity index (χ0v) is 13.7. The second-order valence-electron chi connectivity index (χ2n) is 5.71. The predicted octanol–water partition coefficient (Wildman–Crippen LogP) is 2.52. The lowest BCUT2D eigenvalue weighted by Crippen LogP contribution is -3.08. The highest BCUT2D eigenvalue weighted by Gasteiger charge is 2.11. The molecule has 0 bridgehead atoms. The molecule has 0 aliphatic carbocycles. The Labute approximate surface area is 130 Å². The van der Waals surface area contributed by atoms with Crippen molar-refractivity contribution in [1.82, 2.24) is 0 Å². The Hall–Kier alpha value is -1.65. The van der Waals surface area contributed by atoms with Crippen LogP contribution >= 0.6 is 11.3 Å². The number of benzene rings is 1. The molecule has 1 heterocycles. The number of carbonyl (C=O) groups is 1. The summed E-state index contributed by atoms with van der Waals surface area (Å²) in [5.74, 6) is 0.567. The number of anilines is 1. The van der Waals surface area contributed by atoms with Gasteiger partial charge in [-0.2, -0.15) is 0 Å². The van der Waals surface area contributed by atoms with Gasteiger partial charge in [-0.1, -0.05) is 32.0 Å². The standard InChI is InChI=1S/C17H22N2OS/c1-13(2)14-6-8-15(9-7-14)18-17(20)12-19(3)11-16-5-4-10-21-16/h4-10,13H,11-12H2,1-3H3,(H,18,20)/p+1. The number of likely N-dealkylation sites (N-methyl/N-ethyl adjacent to an activating group) is 1. The van der Waals surface area contributed by atoms with Crippen LogP contribution < -0.4 is 10.2 Å². The van der Waals surface area contributed by atoms with E-state index in [2.05, 4.69) is 42.7 Å². The summed E-state index contributed by atoms with van der Waals surface area (Å²) in [7, 11) is 2.04. The molecular formula is C17H23N2OS+. The Morgan fingerprint density at radius 2 is 1.95 bits per heavy atom. The molecule has 1 unspecified atom stereocenters. The fraction of sp³-hybridized carbons (Fsp3) is 0.353. The first-order valence-electron chi connectivity index (χ1n) is 7.28. The van der Waals surface area contributed by atoms with Gasteiger partial charge in [0.05, 0.1) is 11.9 Å². The minimum absolute atomic E-state index is 0.0568. The van der Waals surface area contributed by atoms with Gasteiger partial charge in [0.1, 0.15) is 6.54 Å². The third-order valence-electron chi connectivity index (χ3n) is 3.38. The van der Waals surface area contributed by atoms with Crippen LogP contribution in [0.2, 0.25) is 0 Å². The summed E-state index contributed by atoms with van der Waals surface area (Å²) in [6.45, 7) is 5.69. The highest BCUT2D eigenvalue weighted by molar-refractivity contribution is 7.09. The monoisotopic (exact) mass is 303 g/mol. The van der Waals surface area contributed by atoms with Gasteiger partial charge in [0, 0.05) is 5.69 Å². The third kappa shape index (κ3) is 4.99. The maximum Gasteiger partial charge on any atom is 0.279 e. The van der Waals surface area contributed by atoms with Crippen molar-refractivity contribution < 1.29 is 9.69 Å². The van der Waals surface area contributed by atoms with Gasteiger partial charge in [-0.25, -0.2) is 0 Å². The molecule has 3 nitrogen and oxygen atoms in total. The lowest BCUT2D eigenvalue weighted by atomic mass is 10.0. The number of nitrogens with one attached hydrogen (secondary N) is 2. The van der Waals surface area contributed by atoms with Crippen molar-refractivity contribution in [3.63, 3.8) is 0 Å². The molecule has 1 atom stereocenters. The van der Waals surface area contributed by atoms with Gasteiger partial charge in [-0.15, -0.1) is 11.3 Å². The molecule has 0 fully saturated rings. The van der Waals surface area contributed by atoms with E-state index in [-0.39, 0.29) is 5.91 Å². The van der Waals surface area contributed by atoms with Gasteiger partial charge in [-0.3, -0.25) is 4.79 Å². The number of amides is 1. The lowest BCUT2D eigenvalue weighted by molar-refractivity contribution is -0.884. The number of hydrogen-bond donors (Lipinski definition) is 2. The van der Waals surface area contributed by atoms with E-state index in [1.807, 2.05) is 25.2 Å². The first kappa shape index (κ1) is 15.7. The quantitative estimate of drug-likeness (QED) is 0.845. The molecule has 0 radical (unpaired) electrons. The van der Waals surface area contributed by atoms with Crippen molar-refractivity contribution in [2.45, 2.75) is 26.3 Å². The molecular weight excluding hydrogens is 280 g/mol. The Bertz CT molecular complexity index is 561. The van der Waals surface area contributed by atoms with Crippen LogP contribution in [0.1, 0.15) is 30.2 Å².